The molecule has 1 aromatic carbocycles. The van der Waals surface area contributed by atoms with Gasteiger partial charge >= 0.3 is 0 Å². The van der Waals surface area contributed by atoms with Gasteiger partial charge in [0.05, 0.1) is 29.6 Å². The number of aromatic nitrogens is 3. The number of pyridine rings is 1. The van der Waals surface area contributed by atoms with Crippen molar-refractivity contribution in [2.45, 2.75) is 50.5 Å². The third kappa shape index (κ3) is 3.48. The first-order valence-corrected chi connectivity index (χ1v) is 9.97. The zero-order chi connectivity index (χ0) is 16.9. The zero-order valence-electron chi connectivity index (χ0n) is 14.7. The molecule has 2 aromatic heterocycles. The Balaban J connectivity index is 1.94. The van der Waals surface area contributed by atoms with Gasteiger partial charge in [-0.3, -0.25) is 9.67 Å². The molecule has 2 heterocycles. The van der Waals surface area contributed by atoms with Gasteiger partial charge in [0, 0.05) is 15.8 Å². The standard InChI is InChI=1S/C20H25N3S/c1-4-6-17(7-5-2)23-20-14-21-19(12-16(20)13-22-23)15-8-10-18(24-3)11-9-15/h8-14,17H,4-7H2,1-3H3. The summed E-state index contributed by atoms with van der Waals surface area (Å²) in [5.74, 6) is 0. The summed E-state index contributed by atoms with van der Waals surface area (Å²) in [5, 5.41) is 5.84. The summed E-state index contributed by atoms with van der Waals surface area (Å²) in [5.41, 5.74) is 3.31. The van der Waals surface area contributed by atoms with Crippen LogP contribution in [0.15, 0.2) is 47.6 Å². The highest BCUT2D eigenvalue weighted by atomic mass is 32.2. The van der Waals surface area contributed by atoms with Crippen molar-refractivity contribution in [3.8, 4) is 11.3 Å². The van der Waals surface area contributed by atoms with E-state index in [1.54, 1.807) is 11.8 Å². The summed E-state index contributed by atoms with van der Waals surface area (Å²) in [6.45, 7) is 4.48. The molecule has 0 saturated heterocycles. The van der Waals surface area contributed by atoms with E-state index < -0.39 is 0 Å². The Morgan fingerprint density at radius 2 is 1.75 bits per heavy atom. The summed E-state index contributed by atoms with van der Waals surface area (Å²) in [6, 6.07) is 11.2. The Morgan fingerprint density at radius 3 is 2.38 bits per heavy atom. The lowest BCUT2D eigenvalue weighted by atomic mass is 10.1. The van der Waals surface area contributed by atoms with Crippen LogP contribution in [0.3, 0.4) is 0 Å². The van der Waals surface area contributed by atoms with E-state index in [2.05, 4.69) is 60.2 Å². The number of thioether (sulfide) groups is 1. The van der Waals surface area contributed by atoms with Crippen LogP contribution < -0.4 is 0 Å². The Bertz CT molecular complexity index is 786. The second kappa shape index (κ2) is 7.84. The molecule has 0 amide bonds. The van der Waals surface area contributed by atoms with E-state index in [9.17, 15) is 0 Å². The normalized spacial score (nSPS) is 11.5. The van der Waals surface area contributed by atoms with E-state index in [4.69, 9.17) is 4.98 Å². The average Bonchev–Trinajstić information content (AvgIpc) is 3.04. The molecule has 0 aliphatic heterocycles. The molecule has 0 unspecified atom stereocenters. The first-order chi connectivity index (χ1) is 11.8. The second-order valence-corrected chi connectivity index (χ2v) is 7.06. The fourth-order valence-corrected chi connectivity index (χ4v) is 3.62. The fourth-order valence-electron chi connectivity index (χ4n) is 3.21. The number of hydrogen-bond donors (Lipinski definition) is 0. The number of hydrogen-bond acceptors (Lipinski definition) is 3. The molecule has 3 rings (SSSR count). The minimum atomic E-state index is 0.478. The number of fused-ring (bicyclic) bond motifs is 1. The fraction of sp³-hybridized carbons (Fsp3) is 0.400. The third-order valence-electron chi connectivity index (χ3n) is 4.46. The van der Waals surface area contributed by atoms with Gasteiger partial charge < -0.3 is 0 Å². The Morgan fingerprint density at radius 1 is 1.04 bits per heavy atom. The van der Waals surface area contributed by atoms with E-state index in [0.717, 1.165) is 16.8 Å². The molecule has 0 aliphatic rings. The maximum absolute atomic E-state index is 4.70. The molecule has 0 saturated carbocycles. The average molecular weight is 340 g/mol. The zero-order valence-corrected chi connectivity index (χ0v) is 15.5. The van der Waals surface area contributed by atoms with Gasteiger partial charge in [0.2, 0.25) is 0 Å². The molecule has 0 aliphatic carbocycles. The maximum atomic E-state index is 4.70. The van der Waals surface area contributed by atoms with Crippen molar-refractivity contribution in [3.63, 3.8) is 0 Å². The lowest BCUT2D eigenvalue weighted by molar-refractivity contribution is 0.402. The van der Waals surface area contributed by atoms with E-state index in [1.165, 1.54) is 36.0 Å². The van der Waals surface area contributed by atoms with Crippen molar-refractivity contribution in [1.82, 2.24) is 14.8 Å². The first kappa shape index (κ1) is 17.0. The maximum Gasteiger partial charge on any atom is 0.0869 e. The van der Waals surface area contributed by atoms with Crippen LogP contribution in [0.25, 0.3) is 22.2 Å². The molecule has 0 spiro atoms. The molecular weight excluding hydrogens is 314 g/mol. The summed E-state index contributed by atoms with van der Waals surface area (Å²) in [7, 11) is 0. The van der Waals surface area contributed by atoms with Crippen LogP contribution in [0, 0.1) is 0 Å². The third-order valence-corrected chi connectivity index (χ3v) is 5.20. The van der Waals surface area contributed by atoms with Crippen molar-refractivity contribution < 1.29 is 0 Å². The van der Waals surface area contributed by atoms with E-state index in [-0.39, 0.29) is 0 Å². The van der Waals surface area contributed by atoms with Crippen LogP contribution in [0.4, 0.5) is 0 Å². The number of rotatable bonds is 7. The van der Waals surface area contributed by atoms with Crippen LogP contribution in [-0.2, 0) is 0 Å². The van der Waals surface area contributed by atoms with Gasteiger partial charge in [0.1, 0.15) is 0 Å². The number of nitrogens with zero attached hydrogens (tertiary/aromatic N) is 3. The van der Waals surface area contributed by atoms with Crippen molar-refractivity contribution in [1.29, 1.82) is 0 Å². The largest absolute Gasteiger partial charge is 0.260 e. The molecule has 3 aromatic rings. The molecular formula is C20H25N3S. The Kier molecular flexibility index (Phi) is 5.56. The molecule has 0 N–H and O–H groups in total. The molecule has 3 nitrogen and oxygen atoms in total. The van der Waals surface area contributed by atoms with E-state index in [0.29, 0.717) is 6.04 Å². The van der Waals surface area contributed by atoms with Crippen LogP contribution in [0.5, 0.6) is 0 Å². The molecule has 24 heavy (non-hydrogen) atoms. The molecule has 0 radical (unpaired) electrons. The molecule has 0 atom stereocenters. The van der Waals surface area contributed by atoms with Crippen molar-refractivity contribution >= 4 is 22.7 Å². The summed E-state index contributed by atoms with van der Waals surface area (Å²) in [4.78, 5) is 5.97. The van der Waals surface area contributed by atoms with Gasteiger partial charge in [-0.15, -0.1) is 11.8 Å². The van der Waals surface area contributed by atoms with Crippen molar-refractivity contribution in [2.75, 3.05) is 6.26 Å². The molecule has 0 fully saturated rings. The van der Waals surface area contributed by atoms with Crippen LogP contribution >= 0.6 is 11.8 Å². The van der Waals surface area contributed by atoms with Gasteiger partial charge in [-0.1, -0.05) is 38.8 Å². The van der Waals surface area contributed by atoms with Gasteiger partial charge in [-0.2, -0.15) is 5.10 Å². The lowest BCUT2D eigenvalue weighted by Crippen LogP contribution is -2.10. The smallest absolute Gasteiger partial charge is 0.0869 e. The van der Waals surface area contributed by atoms with Gasteiger partial charge in [0.25, 0.3) is 0 Å². The van der Waals surface area contributed by atoms with Crippen LogP contribution in [0.2, 0.25) is 0 Å². The highest BCUT2D eigenvalue weighted by Crippen LogP contribution is 2.28. The summed E-state index contributed by atoms with van der Waals surface area (Å²) < 4.78 is 2.18. The van der Waals surface area contributed by atoms with E-state index in [1.807, 2.05) is 12.4 Å². The van der Waals surface area contributed by atoms with Gasteiger partial charge in [-0.25, -0.2) is 0 Å². The second-order valence-electron chi connectivity index (χ2n) is 6.18. The monoisotopic (exact) mass is 339 g/mol. The SMILES string of the molecule is CCCC(CCC)n1ncc2cc(-c3ccc(SC)cc3)ncc21. The lowest BCUT2D eigenvalue weighted by Gasteiger charge is -2.17. The first-order valence-electron chi connectivity index (χ1n) is 8.74. The summed E-state index contributed by atoms with van der Waals surface area (Å²) in [6.07, 6.45) is 10.8. The van der Waals surface area contributed by atoms with Crippen LogP contribution in [-0.4, -0.2) is 21.0 Å². The van der Waals surface area contributed by atoms with E-state index >= 15 is 0 Å². The Hall–Kier alpha value is -1.81. The predicted molar refractivity (Wildman–Crippen MR) is 104 cm³/mol. The summed E-state index contributed by atoms with van der Waals surface area (Å²) >= 11 is 1.76. The minimum absolute atomic E-state index is 0.478. The van der Waals surface area contributed by atoms with Crippen LogP contribution in [0.1, 0.15) is 45.6 Å². The molecule has 126 valence electrons. The Labute approximate surface area is 148 Å². The number of benzene rings is 1. The van der Waals surface area contributed by atoms with Gasteiger partial charge in [0.15, 0.2) is 0 Å². The van der Waals surface area contributed by atoms with Crippen molar-refractivity contribution in [3.05, 3.63) is 42.7 Å². The van der Waals surface area contributed by atoms with Gasteiger partial charge in [-0.05, 0) is 37.3 Å². The molecule has 4 heteroatoms. The highest BCUT2D eigenvalue weighted by Gasteiger charge is 2.14. The predicted octanol–water partition coefficient (Wildman–Crippen LogP) is 5.96. The molecule has 0 bridgehead atoms. The highest BCUT2D eigenvalue weighted by molar-refractivity contribution is 7.98. The minimum Gasteiger partial charge on any atom is -0.260 e. The quantitative estimate of drug-likeness (QED) is 0.497. The topological polar surface area (TPSA) is 30.7 Å². The van der Waals surface area contributed by atoms with Crippen molar-refractivity contribution in [2.24, 2.45) is 0 Å².